The second-order valence-electron chi connectivity index (χ2n) is 4.60. The fourth-order valence-corrected chi connectivity index (χ4v) is 2.56. The van der Waals surface area contributed by atoms with Gasteiger partial charge in [0.05, 0.1) is 17.6 Å². The molecule has 0 fully saturated rings. The van der Waals surface area contributed by atoms with E-state index in [1.54, 1.807) is 18.2 Å². The van der Waals surface area contributed by atoms with Gasteiger partial charge in [-0.3, -0.25) is 4.79 Å². The summed E-state index contributed by atoms with van der Waals surface area (Å²) in [7, 11) is 0. The Morgan fingerprint density at radius 1 is 1.50 bits per heavy atom. The molecule has 4 nitrogen and oxygen atoms in total. The van der Waals surface area contributed by atoms with Crippen molar-refractivity contribution in [1.29, 1.82) is 5.26 Å². The fraction of sp³-hybridized carbons (Fsp3) is 0.286. The normalized spacial score (nSPS) is 18.3. The predicted octanol–water partition coefficient (Wildman–Crippen LogP) is 2.49. The van der Waals surface area contributed by atoms with Gasteiger partial charge in [-0.2, -0.15) is 5.26 Å². The van der Waals surface area contributed by atoms with E-state index in [9.17, 15) is 4.79 Å². The number of fused-ring (bicyclic) bond motifs is 3. The lowest BCUT2D eigenvalue weighted by atomic mass is 9.86. The van der Waals surface area contributed by atoms with Crippen molar-refractivity contribution in [3.63, 3.8) is 0 Å². The van der Waals surface area contributed by atoms with Crippen LogP contribution in [0.15, 0.2) is 22.6 Å². The number of furan rings is 1. The number of benzene rings is 1. The minimum Gasteiger partial charge on any atom is -0.481 e. The van der Waals surface area contributed by atoms with Crippen LogP contribution in [0.3, 0.4) is 0 Å². The van der Waals surface area contributed by atoms with E-state index in [2.05, 4.69) is 6.07 Å². The molecule has 1 heterocycles. The number of carboxylic acid groups (broad SMARTS) is 1. The van der Waals surface area contributed by atoms with Crippen molar-refractivity contribution in [2.24, 2.45) is 5.92 Å². The molecule has 0 aliphatic heterocycles. The maximum Gasteiger partial charge on any atom is 0.306 e. The smallest absolute Gasteiger partial charge is 0.306 e. The van der Waals surface area contributed by atoms with Crippen molar-refractivity contribution >= 4 is 16.9 Å². The van der Waals surface area contributed by atoms with Crippen molar-refractivity contribution < 1.29 is 14.3 Å². The van der Waals surface area contributed by atoms with Gasteiger partial charge in [0.25, 0.3) is 0 Å². The van der Waals surface area contributed by atoms with Crippen LogP contribution in [-0.2, 0) is 17.6 Å². The number of nitrogens with zero attached hydrogens (tertiary/aromatic N) is 1. The third-order valence-corrected chi connectivity index (χ3v) is 3.52. The number of aryl methyl sites for hydroxylation is 1. The zero-order valence-electron chi connectivity index (χ0n) is 9.64. The molecule has 1 aliphatic carbocycles. The largest absolute Gasteiger partial charge is 0.481 e. The van der Waals surface area contributed by atoms with Crippen molar-refractivity contribution in [1.82, 2.24) is 0 Å². The van der Waals surface area contributed by atoms with Crippen LogP contribution in [0.2, 0.25) is 0 Å². The Kier molecular flexibility index (Phi) is 2.34. The molecule has 4 heteroatoms. The van der Waals surface area contributed by atoms with Crippen LogP contribution in [0.25, 0.3) is 11.0 Å². The molecule has 18 heavy (non-hydrogen) atoms. The second kappa shape index (κ2) is 3.88. The third-order valence-electron chi connectivity index (χ3n) is 3.52. The number of nitriles is 1. The highest BCUT2D eigenvalue weighted by Crippen LogP contribution is 2.34. The Labute approximate surface area is 103 Å². The van der Waals surface area contributed by atoms with Crippen LogP contribution in [0.4, 0.5) is 0 Å². The molecule has 0 bridgehead atoms. The standard InChI is InChI=1S/C14H11NO3/c15-7-8-1-3-12-10(5-8)11-6-9(14(16)17)2-4-13(11)18-12/h1,3,5,9H,2,4,6H2,(H,16,17). The van der Waals surface area contributed by atoms with Crippen molar-refractivity contribution in [3.05, 3.63) is 35.1 Å². The Hall–Kier alpha value is -2.28. The van der Waals surface area contributed by atoms with Crippen LogP contribution in [0, 0.1) is 17.2 Å². The zero-order valence-corrected chi connectivity index (χ0v) is 9.64. The van der Waals surface area contributed by atoms with Gasteiger partial charge in [0, 0.05) is 17.4 Å². The summed E-state index contributed by atoms with van der Waals surface area (Å²) in [6.07, 6.45) is 1.77. The van der Waals surface area contributed by atoms with E-state index in [4.69, 9.17) is 14.8 Å². The first-order valence-corrected chi connectivity index (χ1v) is 5.86. The van der Waals surface area contributed by atoms with E-state index in [1.165, 1.54) is 0 Å². The Bertz CT molecular complexity index is 678. The topological polar surface area (TPSA) is 74.2 Å². The number of hydrogen-bond donors (Lipinski definition) is 1. The molecule has 1 atom stereocenters. The molecule has 1 aliphatic rings. The first-order chi connectivity index (χ1) is 8.69. The van der Waals surface area contributed by atoms with Crippen LogP contribution < -0.4 is 0 Å². The van der Waals surface area contributed by atoms with Crippen LogP contribution in [0.1, 0.15) is 23.3 Å². The van der Waals surface area contributed by atoms with Gasteiger partial charge in [0.2, 0.25) is 0 Å². The molecule has 0 amide bonds. The highest BCUT2D eigenvalue weighted by Gasteiger charge is 2.28. The van der Waals surface area contributed by atoms with E-state index in [0.717, 1.165) is 22.3 Å². The van der Waals surface area contributed by atoms with E-state index in [-0.39, 0.29) is 5.92 Å². The number of rotatable bonds is 1. The molecule has 1 unspecified atom stereocenters. The molecule has 0 saturated heterocycles. The molecule has 90 valence electrons. The first kappa shape index (κ1) is 10.8. The number of carbonyl (C=O) groups is 1. The summed E-state index contributed by atoms with van der Waals surface area (Å²) < 4.78 is 5.72. The second-order valence-corrected chi connectivity index (χ2v) is 4.60. The van der Waals surface area contributed by atoms with Gasteiger partial charge >= 0.3 is 5.97 Å². The van der Waals surface area contributed by atoms with Crippen LogP contribution in [-0.4, -0.2) is 11.1 Å². The van der Waals surface area contributed by atoms with Gasteiger partial charge < -0.3 is 9.52 Å². The van der Waals surface area contributed by atoms with Gasteiger partial charge in [-0.05, 0) is 31.0 Å². The molecular formula is C14H11NO3. The zero-order chi connectivity index (χ0) is 12.7. The van der Waals surface area contributed by atoms with Gasteiger partial charge in [0.15, 0.2) is 0 Å². The maximum absolute atomic E-state index is 11.1. The highest BCUT2D eigenvalue weighted by molar-refractivity contribution is 5.85. The molecule has 0 spiro atoms. The summed E-state index contributed by atoms with van der Waals surface area (Å²) in [6.45, 7) is 0. The van der Waals surface area contributed by atoms with E-state index >= 15 is 0 Å². The molecule has 2 aromatic rings. The van der Waals surface area contributed by atoms with Crippen molar-refractivity contribution in [3.8, 4) is 6.07 Å². The van der Waals surface area contributed by atoms with Gasteiger partial charge in [-0.15, -0.1) is 0 Å². The van der Waals surface area contributed by atoms with Crippen LogP contribution >= 0.6 is 0 Å². The van der Waals surface area contributed by atoms with E-state index in [1.807, 2.05) is 0 Å². The minimum absolute atomic E-state index is 0.343. The molecule has 0 radical (unpaired) electrons. The number of hydrogen-bond acceptors (Lipinski definition) is 3. The molecule has 3 rings (SSSR count). The minimum atomic E-state index is -0.758. The lowest BCUT2D eigenvalue weighted by molar-refractivity contribution is -0.142. The van der Waals surface area contributed by atoms with Crippen molar-refractivity contribution in [2.45, 2.75) is 19.3 Å². The van der Waals surface area contributed by atoms with E-state index in [0.29, 0.717) is 24.8 Å². The molecular weight excluding hydrogens is 230 g/mol. The summed E-state index contributed by atoms with van der Waals surface area (Å²) in [5, 5.41) is 18.9. The summed E-state index contributed by atoms with van der Waals surface area (Å²) in [6, 6.07) is 7.37. The highest BCUT2D eigenvalue weighted by atomic mass is 16.4. The predicted molar refractivity (Wildman–Crippen MR) is 64.1 cm³/mol. The third kappa shape index (κ3) is 1.56. The summed E-state index contributed by atoms with van der Waals surface area (Å²) >= 11 is 0. The Morgan fingerprint density at radius 3 is 3.06 bits per heavy atom. The summed E-state index contributed by atoms with van der Waals surface area (Å²) in [5.41, 5.74) is 2.27. The Morgan fingerprint density at radius 2 is 2.33 bits per heavy atom. The fourth-order valence-electron chi connectivity index (χ4n) is 2.56. The Balaban J connectivity index is 2.14. The molecule has 1 aromatic heterocycles. The molecule has 0 saturated carbocycles. The average Bonchev–Trinajstić information content (AvgIpc) is 2.75. The van der Waals surface area contributed by atoms with Gasteiger partial charge in [-0.1, -0.05) is 0 Å². The monoisotopic (exact) mass is 241 g/mol. The van der Waals surface area contributed by atoms with Crippen LogP contribution in [0.5, 0.6) is 0 Å². The number of aliphatic carboxylic acids is 1. The van der Waals surface area contributed by atoms with Crippen molar-refractivity contribution in [2.75, 3.05) is 0 Å². The number of carboxylic acids is 1. The molecule has 1 N–H and O–H groups in total. The van der Waals surface area contributed by atoms with E-state index < -0.39 is 5.97 Å². The summed E-state index contributed by atoms with van der Waals surface area (Å²) in [4.78, 5) is 11.1. The van der Waals surface area contributed by atoms with Gasteiger partial charge in [-0.25, -0.2) is 0 Å². The quantitative estimate of drug-likeness (QED) is 0.832. The lowest BCUT2D eigenvalue weighted by Crippen LogP contribution is -2.21. The lowest BCUT2D eigenvalue weighted by Gasteiger charge is -2.17. The average molecular weight is 241 g/mol. The summed E-state index contributed by atoms with van der Waals surface area (Å²) in [5.74, 6) is -0.229. The SMILES string of the molecule is N#Cc1ccc2oc3c(c2c1)CC(C(=O)O)CC3. The maximum atomic E-state index is 11.1. The van der Waals surface area contributed by atoms with Gasteiger partial charge in [0.1, 0.15) is 11.3 Å². The molecule has 1 aromatic carbocycles. The first-order valence-electron chi connectivity index (χ1n) is 5.86.